The summed E-state index contributed by atoms with van der Waals surface area (Å²) in [7, 11) is 3.20. The Morgan fingerprint density at radius 3 is 2.48 bits per heavy atom. The Hall–Kier alpha value is -1.86. The lowest BCUT2D eigenvalue weighted by Crippen LogP contribution is -2.30. The highest BCUT2D eigenvalue weighted by molar-refractivity contribution is 6.44. The van der Waals surface area contributed by atoms with Gasteiger partial charge in [0.05, 0.1) is 20.5 Å². The second-order valence-electron chi connectivity index (χ2n) is 4.34. The van der Waals surface area contributed by atoms with Crippen LogP contribution in [0.2, 0.25) is 10.0 Å². The highest BCUT2D eigenvalue weighted by atomic mass is 35.5. The van der Waals surface area contributed by atoms with E-state index in [9.17, 15) is 19.7 Å². The van der Waals surface area contributed by atoms with E-state index in [1.807, 2.05) is 0 Å². The Labute approximate surface area is 131 Å². The third kappa shape index (κ3) is 4.57. The molecule has 0 bridgehead atoms. The van der Waals surface area contributed by atoms with Crippen molar-refractivity contribution in [3.05, 3.63) is 37.9 Å². The summed E-state index contributed by atoms with van der Waals surface area (Å²) in [6.45, 7) is 0.0898. The quantitative estimate of drug-likeness (QED) is 0.659. The minimum Gasteiger partial charge on any atom is -0.351 e. The molecule has 0 fully saturated rings. The Morgan fingerprint density at radius 1 is 1.33 bits per heavy atom. The van der Waals surface area contributed by atoms with Gasteiger partial charge in [-0.25, -0.2) is 0 Å². The molecule has 0 saturated heterocycles. The van der Waals surface area contributed by atoms with Gasteiger partial charge < -0.3 is 10.2 Å². The summed E-state index contributed by atoms with van der Waals surface area (Å²) in [6, 6.07) is 2.10. The highest BCUT2D eigenvalue weighted by Crippen LogP contribution is 2.30. The highest BCUT2D eigenvalue weighted by Gasteiger charge is 2.19. The number of non-ortho nitro benzene ring substituents is 1. The molecule has 0 aliphatic carbocycles. The zero-order chi connectivity index (χ0) is 16.2. The number of hydrogen-bond acceptors (Lipinski definition) is 4. The lowest BCUT2D eigenvalue weighted by Gasteiger charge is -2.11. The van der Waals surface area contributed by atoms with Crippen molar-refractivity contribution in [2.24, 2.45) is 0 Å². The first-order chi connectivity index (χ1) is 9.73. The fourth-order valence-electron chi connectivity index (χ4n) is 1.45. The van der Waals surface area contributed by atoms with E-state index in [0.29, 0.717) is 0 Å². The predicted octanol–water partition coefficient (Wildman–Crippen LogP) is 2.11. The van der Waals surface area contributed by atoms with Crippen LogP contribution in [0, 0.1) is 10.1 Å². The average molecular weight is 334 g/mol. The van der Waals surface area contributed by atoms with E-state index < -0.39 is 10.8 Å². The van der Waals surface area contributed by atoms with E-state index in [2.05, 4.69) is 5.32 Å². The molecule has 0 atom stereocenters. The van der Waals surface area contributed by atoms with Gasteiger partial charge in [-0.2, -0.15) is 0 Å². The molecule has 0 aliphatic rings. The van der Waals surface area contributed by atoms with Crippen molar-refractivity contribution in [3.63, 3.8) is 0 Å². The molecule has 114 valence electrons. The predicted molar refractivity (Wildman–Crippen MR) is 78.8 cm³/mol. The first-order valence-corrected chi connectivity index (χ1v) is 6.61. The van der Waals surface area contributed by atoms with Crippen LogP contribution in [0.25, 0.3) is 0 Å². The van der Waals surface area contributed by atoms with Crippen LogP contribution in [-0.2, 0) is 4.79 Å². The molecule has 0 heterocycles. The van der Waals surface area contributed by atoms with Crippen molar-refractivity contribution < 1.29 is 14.5 Å². The van der Waals surface area contributed by atoms with Gasteiger partial charge in [-0.15, -0.1) is 0 Å². The molecule has 0 unspecified atom stereocenters. The molecule has 1 aromatic carbocycles. The number of benzene rings is 1. The fraction of sp³-hybridized carbons (Fsp3) is 0.333. The Kier molecular flexibility index (Phi) is 5.92. The van der Waals surface area contributed by atoms with Crippen LogP contribution in [0.3, 0.4) is 0 Å². The van der Waals surface area contributed by atoms with Crippen molar-refractivity contribution >= 4 is 40.7 Å². The number of halogens is 2. The number of nitro groups is 1. The van der Waals surface area contributed by atoms with Crippen molar-refractivity contribution in [2.75, 3.05) is 20.6 Å². The molecular weight excluding hydrogens is 321 g/mol. The SMILES string of the molecule is CN(C)C(=O)CCNC(=O)c1cc([N+](=O)[O-])cc(Cl)c1Cl. The lowest BCUT2D eigenvalue weighted by atomic mass is 10.2. The molecule has 2 amide bonds. The van der Waals surface area contributed by atoms with E-state index in [-0.39, 0.29) is 40.2 Å². The Balaban J connectivity index is 2.83. The summed E-state index contributed by atoms with van der Waals surface area (Å²) < 4.78 is 0. The minimum atomic E-state index is -0.672. The van der Waals surface area contributed by atoms with E-state index >= 15 is 0 Å². The van der Waals surface area contributed by atoms with E-state index in [1.165, 1.54) is 4.90 Å². The van der Waals surface area contributed by atoms with Crippen LogP contribution in [0.4, 0.5) is 5.69 Å². The number of nitrogens with zero attached hydrogens (tertiary/aromatic N) is 2. The topological polar surface area (TPSA) is 92.6 Å². The number of nitrogens with one attached hydrogen (secondary N) is 1. The summed E-state index contributed by atoms with van der Waals surface area (Å²) in [5.41, 5.74) is -0.438. The zero-order valence-corrected chi connectivity index (χ0v) is 12.9. The Morgan fingerprint density at radius 2 is 1.95 bits per heavy atom. The molecule has 0 saturated carbocycles. The third-order valence-corrected chi connectivity index (χ3v) is 3.39. The monoisotopic (exact) mass is 333 g/mol. The number of carbonyl (C=O) groups is 2. The summed E-state index contributed by atoms with van der Waals surface area (Å²) in [4.78, 5) is 34.8. The van der Waals surface area contributed by atoms with Gasteiger partial charge in [-0.1, -0.05) is 23.2 Å². The summed E-state index contributed by atoms with van der Waals surface area (Å²) in [6.07, 6.45) is 0.110. The minimum absolute atomic E-state index is 0.0706. The van der Waals surface area contributed by atoms with Crippen LogP contribution in [-0.4, -0.2) is 42.3 Å². The molecule has 9 heteroatoms. The summed E-state index contributed by atoms with van der Waals surface area (Å²) >= 11 is 11.6. The second-order valence-corrected chi connectivity index (χ2v) is 5.13. The van der Waals surface area contributed by atoms with Crippen LogP contribution < -0.4 is 5.32 Å². The molecule has 0 spiro atoms. The molecule has 0 aromatic heterocycles. The maximum absolute atomic E-state index is 11.9. The summed E-state index contributed by atoms with van der Waals surface area (Å²) in [5.74, 6) is -0.782. The van der Waals surface area contributed by atoms with E-state index in [0.717, 1.165) is 12.1 Å². The number of nitro benzene ring substituents is 1. The lowest BCUT2D eigenvalue weighted by molar-refractivity contribution is -0.384. The van der Waals surface area contributed by atoms with Gasteiger partial charge in [0.15, 0.2) is 0 Å². The maximum atomic E-state index is 11.9. The Bertz CT molecular complexity index is 590. The molecular formula is C12H13Cl2N3O4. The van der Waals surface area contributed by atoms with Crippen molar-refractivity contribution in [1.29, 1.82) is 0 Å². The molecule has 1 rings (SSSR count). The zero-order valence-electron chi connectivity index (χ0n) is 11.4. The van der Waals surface area contributed by atoms with Crippen LogP contribution >= 0.6 is 23.2 Å². The summed E-state index contributed by atoms with van der Waals surface area (Å²) in [5, 5.41) is 13.1. The number of amides is 2. The first-order valence-electron chi connectivity index (χ1n) is 5.85. The molecule has 0 radical (unpaired) electrons. The van der Waals surface area contributed by atoms with Crippen LogP contribution in [0.15, 0.2) is 12.1 Å². The fourth-order valence-corrected chi connectivity index (χ4v) is 1.86. The van der Waals surface area contributed by atoms with Gasteiger partial charge in [-0.05, 0) is 0 Å². The smallest absolute Gasteiger partial charge is 0.271 e. The number of carbonyl (C=O) groups excluding carboxylic acids is 2. The third-order valence-electron chi connectivity index (χ3n) is 2.59. The average Bonchev–Trinajstić information content (AvgIpc) is 2.40. The molecule has 1 N–H and O–H groups in total. The maximum Gasteiger partial charge on any atom is 0.271 e. The molecule has 21 heavy (non-hydrogen) atoms. The van der Waals surface area contributed by atoms with Gasteiger partial charge >= 0.3 is 0 Å². The second kappa shape index (κ2) is 7.24. The molecule has 1 aromatic rings. The van der Waals surface area contributed by atoms with Gasteiger partial charge in [0, 0.05) is 39.2 Å². The van der Waals surface area contributed by atoms with Crippen LogP contribution in [0.5, 0.6) is 0 Å². The van der Waals surface area contributed by atoms with E-state index in [1.54, 1.807) is 14.1 Å². The van der Waals surface area contributed by atoms with Gasteiger partial charge in [0.2, 0.25) is 5.91 Å². The number of rotatable bonds is 5. The van der Waals surface area contributed by atoms with Crippen molar-refractivity contribution in [2.45, 2.75) is 6.42 Å². The van der Waals surface area contributed by atoms with Crippen molar-refractivity contribution in [3.8, 4) is 0 Å². The number of hydrogen-bond donors (Lipinski definition) is 1. The molecule has 0 aliphatic heterocycles. The van der Waals surface area contributed by atoms with Crippen molar-refractivity contribution in [1.82, 2.24) is 10.2 Å². The van der Waals surface area contributed by atoms with Gasteiger partial charge in [0.25, 0.3) is 11.6 Å². The largest absolute Gasteiger partial charge is 0.351 e. The first kappa shape index (κ1) is 17.2. The standard InChI is InChI=1S/C12H13Cl2N3O4/c1-16(2)10(18)3-4-15-12(19)8-5-7(17(20)21)6-9(13)11(8)14/h5-6H,3-4H2,1-2H3,(H,15,19). The van der Waals surface area contributed by atoms with Crippen LogP contribution in [0.1, 0.15) is 16.8 Å². The van der Waals surface area contributed by atoms with Gasteiger partial charge in [0.1, 0.15) is 0 Å². The van der Waals surface area contributed by atoms with Gasteiger partial charge in [-0.3, -0.25) is 19.7 Å². The normalized spacial score (nSPS) is 10.1. The van der Waals surface area contributed by atoms with E-state index in [4.69, 9.17) is 23.2 Å². The molecule has 7 nitrogen and oxygen atoms in total.